The Morgan fingerprint density at radius 2 is 1.89 bits per heavy atom. The van der Waals surface area contributed by atoms with E-state index < -0.39 is 24.1 Å². The highest BCUT2D eigenvalue weighted by molar-refractivity contribution is 5.83. The molecule has 7 heteroatoms. The predicted molar refractivity (Wildman–Crippen MR) is 63.2 cm³/mol. The van der Waals surface area contributed by atoms with Gasteiger partial charge in [0.05, 0.1) is 6.61 Å². The maximum Gasteiger partial charge on any atom is 0.471 e. The summed E-state index contributed by atoms with van der Waals surface area (Å²) >= 11 is 0. The van der Waals surface area contributed by atoms with Crippen LogP contribution in [0.15, 0.2) is 12.2 Å². The van der Waals surface area contributed by atoms with Crippen molar-refractivity contribution in [3.63, 3.8) is 0 Å². The number of ether oxygens (including phenoxy) is 1. The molecular weight excluding hydrogens is 263 g/mol. The van der Waals surface area contributed by atoms with Crippen LogP contribution in [0.4, 0.5) is 13.2 Å². The van der Waals surface area contributed by atoms with Crippen LogP contribution in [0, 0.1) is 5.92 Å². The normalized spacial score (nSPS) is 13.6. The molecule has 110 valence electrons. The minimum atomic E-state index is -4.94. The summed E-state index contributed by atoms with van der Waals surface area (Å²) in [6.45, 7) is 5.38. The number of amides is 1. The second kappa shape index (κ2) is 7.81. The molecule has 0 bridgehead atoms. The third-order valence-corrected chi connectivity index (χ3v) is 2.05. The molecule has 0 aliphatic carbocycles. The van der Waals surface area contributed by atoms with E-state index in [9.17, 15) is 22.8 Å². The van der Waals surface area contributed by atoms with Gasteiger partial charge >= 0.3 is 18.1 Å². The van der Waals surface area contributed by atoms with Crippen LogP contribution in [0.3, 0.4) is 0 Å². The van der Waals surface area contributed by atoms with Crippen LogP contribution in [0.2, 0.25) is 0 Å². The largest absolute Gasteiger partial charge is 0.471 e. The highest BCUT2D eigenvalue weighted by Crippen LogP contribution is 2.16. The molecule has 0 fully saturated rings. The Hall–Kier alpha value is -1.53. The summed E-state index contributed by atoms with van der Waals surface area (Å²) in [5, 5.41) is 1.83. The number of carbonyl (C=O) groups excluding carboxylic acids is 2. The van der Waals surface area contributed by atoms with Crippen molar-refractivity contribution in [2.45, 2.75) is 39.4 Å². The van der Waals surface area contributed by atoms with E-state index >= 15 is 0 Å². The lowest BCUT2D eigenvalue weighted by Crippen LogP contribution is -2.42. The summed E-state index contributed by atoms with van der Waals surface area (Å²) in [6.07, 6.45) is -2.42. The van der Waals surface area contributed by atoms with Gasteiger partial charge in [-0.15, -0.1) is 0 Å². The lowest BCUT2D eigenvalue weighted by atomic mass is 10.0. The van der Waals surface area contributed by atoms with Crippen LogP contribution >= 0.6 is 0 Å². The molecule has 0 aromatic rings. The van der Waals surface area contributed by atoms with Crippen LogP contribution in [-0.2, 0) is 14.3 Å². The van der Waals surface area contributed by atoms with Crippen molar-refractivity contribution >= 4 is 11.9 Å². The van der Waals surface area contributed by atoms with Gasteiger partial charge in [-0.25, -0.2) is 4.79 Å². The van der Waals surface area contributed by atoms with E-state index in [-0.39, 0.29) is 18.9 Å². The number of hydrogen-bond donors (Lipinski definition) is 1. The number of hydrogen-bond acceptors (Lipinski definition) is 3. The summed E-state index contributed by atoms with van der Waals surface area (Å²) in [5.74, 6) is -2.62. The molecule has 0 saturated carbocycles. The maximum atomic E-state index is 12.1. The average Bonchev–Trinajstić information content (AvgIpc) is 2.24. The number of carbonyl (C=O) groups is 2. The molecule has 1 N–H and O–H groups in total. The van der Waals surface area contributed by atoms with Crippen LogP contribution in [0.1, 0.15) is 27.2 Å². The van der Waals surface area contributed by atoms with Crippen molar-refractivity contribution < 1.29 is 27.5 Å². The van der Waals surface area contributed by atoms with Gasteiger partial charge in [0.2, 0.25) is 0 Å². The first kappa shape index (κ1) is 17.5. The Balaban J connectivity index is 4.64. The van der Waals surface area contributed by atoms with Gasteiger partial charge in [0, 0.05) is 12.1 Å². The van der Waals surface area contributed by atoms with Crippen LogP contribution < -0.4 is 5.32 Å². The average molecular weight is 281 g/mol. The van der Waals surface area contributed by atoms with Gasteiger partial charge in [-0.3, -0.25) is 4.79 Å². The third kappa shape index (κ3) is 8.23. The first-order valence-corrected chi connectivity index (χ1v) is 5.89. The van der Waals surface area contributed by atoms with Crippen LogP contribution in [-0.4, -0.2) is 30.7 Å². The van der Waals surface area contributed by atoms with E-state index in [4.69, 9.17) is 0 Å². The number of esters is 1. The summed E-state index contributed by atoms with van der Waals surface area (Å²) in [7, 11) is 0. The van der Waals surface area contributed by atoms with E-state index in [0.717, 1.165) is 6.08 Å². The second-order valence-corrected chi connectivity index (χ2v) is 4.32. The van der Waals surface area contributed by atoms with E-state index in [1.807, 2.05) is 5.32 Å². The van der Waals surface area contributed by atoms with Crippen LogP contribution in [0.25, 0.3) is 0 Å². The summed E-state index contributed by atoms with van der Waals surface area (Å²) < 4.78 is 41.0. The van der Waals surface area contributed by atoms with E-state index in [1.165, 1.54) is 6.08 Å². The first-order valence-electron chi connectivity index (χ1n) is 5.89. The van der Waals surface area contributed by atoms with Crippen molar-refractivity contribution in [1.82, 2.24) is 5.32 Å². The molecule has 0 saturated heterocycles. The van der Waals surface area contributed by atoms with Gasteiger partial charge in [-0.2, -0.15) is 13.2 Å². The smallest absolute Gasteiger partial charge is 0.463 e. The third-order valence-electron chi connectivity index (χ3n) is 2.05. The Labute approximate surface area is 110 Å². The number of rotatable bonds is 6. The molecule has 0 radical (unpaired) electrons. The quantitative estimate of drug-likeness (QED) is 0.600. The molecule has 0 aliphatic heterocycles. The molecular formula is C12H18F3NO3. The second-order valence-electron chi connectivity index (χ2n) is 4.32. The molecule has 0 rings (SSSR count). The lowest BCUT2D eigenvalue weighted by Gasteiger charge is -2.18. The van der Waals surface area contributed by atoms with Crippen LogP contribution in [0.5, 0.6) is 0 Å². The molecule has 0 aromatic carbocycles. The molecule has 0 aromatic heterocycles. The molecule has 0 heterocycles. The van der Waals surface area contributed by atoms with E-state index in [0.29, 0.717) is 0 Å². The fraction of sp³-hybridized carbons (Fsp3) is 0.667. The van der Waals surface area contributed by atoms with Crippen molar-refractivity contribution in [2.24, 2.45) is 5.92 Å². The minimum Gasteiger partial charge on any atom is -0.463 e. The Morgan fingerprint density at radius 3 is 2.32 bits per heavy atom. The SMILES string of the molecule is CCOC(=O)/C=C/[C@@H](CC(C)C)NC(=O)C(F)(F)F. The fourth-order valence-electron chi connectivity index (χ4n) is 1.33. The molecule has 0 unspecified atom stereocenters. The summed E-state index contributed by atoms with van der Waals surface area (Å²) in [5.41, 5.74) is 0. The molecule has 0 aliphatic rings. The molecule has 0 spiro atoms. The maximum absolute atomic E-state index is 12.1. The van der Waals surface area contributed by atoms with Gasteiger partial charge < -0.3 is 10.1 Å². The summed E-state index contributed by atoms with van der Waals surface area (Å²) in [4.78, 5) is 21.9. The van der Waals surface area contributed by atoms with Gasteiger partial charge in [-0.05, 0) is 19.3 Å². The Kier molecular flexibility index (Phi) is 7.18. The molecule has 19 heavy (non-hydrogen) atoms. The molecule has 1 atom stereocenters. The van der Waals surface area contributed by atoms with Crippen molar-refractivity contribution in [2.75, 3.05) is 6.61 Å². The Bertz CT molecular complexity index is 338. The number of nitrogens with one attached hydrogen (secondary N) is 1. The standard InChI is InChI=1S/C12H18F3NO3/c1-4-19-10(17)6-5-9(7-8(2)3)16-11(18)12(13,14)15/h5-6,8-9H,4,7H2,1-3H3,(H,16,18)/b6-5+/t9-/m0/s1. The highest BCUT2D eigenvalue weighted by atomic mass is 19.4. The first-order chi connectivity index (χ1) is 8.66. The lowest BCUT2D eigenvalue weighted by molar-refractivity contribution is -0.174. The zero-order chi connectivity index (χ0) is 15.1. The highest BCUT2D eigenvalue weighted by Gasteiger charge is 2.39. The number of halogens is 3. The summed E-state index contributed by atoms with van der Waals surface area (Å²) in [6, 6.07) is -0.862. The van der Waals surface area contributed by atoms with Gasteiger partial charge in [0.1, 0.15) is 0 Å². The van der Waals surface area contributed by atoms with E-state index in [1.54, 1.807) is 20.8 Å². The van der Waals surface area contributed by atoms with Gasteiger partial charge in [-0.1, -0.05) is 19.9 Å². The number of alkyl halides is 3. The monoisotopic (exact) mass is 281 g/mol. The Morgan fingerprint density at radius 1 is 1.32 bits per heavy atom. The zero-order valence-corrected chi connectivity index (χ0v) is 11.1. The van der Waals surface area contributed by atoms with Gasteiger partial charge in [0.15, 0.2) is 0 Å². The van der Waals surface area contributed by atoms with Gasteiger partial charge in [0.25, 0.3) is 0 Å². The predicted octanol–water partition coefficient (Wildman–Crippen LogP) is 2.20. The minimum absolute atomic E-state index is 0.0605. The topological polar surface area (TPSA) is 55.4 Å². The van der Waals surface area contributed by atoms with Crippen molar-refractivity contribution in [3.8, 4) is 0 Å². The fourth-order valence-corrected chi connectivity index (χ4v) is 1.33. The van der Waals surface area contributed by atoms with E-state index in [2.05, 4.69) is 4.74 Å². The molecule has 4 nitrogen and oxygen atoms in total. The van der Waals surface area contributed by atoms with Crippen molar-refractivity contribution in [3.05, 3.63) is 12.2 Å². The van der Waals surface area contributed by atoms with Crippen molar-refractivity contribution in [1.29, 1.82) is 0 Å². The molecule has 1 amide bonds. The zero-order valence-electron chi connectivity index (χ0n) is 11.1.